The largest absolute Gasteiger partial charge is 0.350 e. The number of unbranched alkanes of at least 4 members (excludes halogenated alkanes) is 8. The van der Waals surface area contributed by atoms with Crippen molar-refractivity contribution in [2.24, 2.45) is 0 Å². The van der Waals surface area contributed by atoms with Crippen molar-refractivity contribution >= 4 is 5.91 Å². The summed E-state index contributed by atoms with van der Waals surface area (Å²) < 4.78 is 0.891. The van der Waals surface area contributed by atoms with Gasteiger partial charge < -0.3 is 9.80 Å². The van der Waals surface area contributed by atoms with Crippen LogP contribution in [0.3, 0.4) is 0 Å². The summed E-state index contributed by atoms with van der Waals surface area (Å²) in [6.45, 7) is 4.97. The van der Waals surface area contributed by atoms with Crippen LogP contribution < -0.4 is 5.32 Å². The zero-order chi connectivity index (χ0) is 19.1. The van der Waals surface area contributed by atoms with Crippen LogP contribution in [0.1, 0.15) is 76.7 Å². The molecule has 1 N–H and O–H groups in total. The number of quaternary nitrogens is 1. The van der Waals surface area contributed by atoms with Crippen molar-refractivity contribution in [2.45, 2.75) is 77.7 Å². The van der Waals surface area contributed by atoms with Crippen molar-refractivity contribution in [3.63, 3.8) is 0 Å². The predicted octanol–water partition coefficient (Wildman–Crippen LogP) is 5.30. The van der Waals surface area contributed by atoms with Gasteiger partial charge in [-0.1, -0.05) is 88.6 Å². The first-order chi connectivity index (χ1) is 12.5. The minimum absolute atomic E-state index is 0.215. The number of nitrogens with one attached hydrogen (secondary N) is 1. The Morgan fingerprint density at radius 2 is 1.46 bits per heavy atom. The van der Waals surface area contributed by atoms with Crippen molar-refractivity contribution < 1.29 is 9.28 Å². The van der Waals surface area contributed by atoms with Crippen molar-refractivity contribution in [3.8, 4) is 0 Å². The van der Waals surface area contributed by atoms with Crippen LogP contribution in [0.5, 0.6) is 0 Å². The van der Waals surface area contributed by atoms with Gasteiger partial charge in [-0.05, 0) is 6.42 Å². The summed E-state index contributed by atoms with van der Waals surface area (Å²) in [5.74, 6) is 0.215. The molecular weight excluding hydrogens is 320 g/mol. The molecule has 0 aromatic heterocycles. The van der Waals surface area contributed by atoms with Gasteiger partial charge in [0, 0.05) is 12.0 Å². The zero-order valence-corrected chi connectivity index (χ0v) is 17.4. The summed E-state index contributed by atoms with van der Waals surface area (Å²) in [6, 6.07) is 10.6. The Labute approximate surface area is 161 Å². The first-order valence-corrected chi connectivity index (χ1v) is 10.7. The summed E-state index contributed by atoms with van der Waals surface area (Å²) in [4.78, 5) is 12.0. The van der Waals surface area contributed by atoms with Crippen molar-refractivity contribution in [1.29, 1.82) is 0 Å². The molecule has 0 saturated carbocycles. The van der Waals surface area contributed by atoms with Crippen LogP contribution in [0.2, 0.25) is 0 Å². The van der Waals surface area contributed by atoms with Gasteiger partial charge in [0.1, 0.15) is 6.54 Å². The van der Waals surface area contributed by atoms with Crippen molar-refractivity contribution in [1.82, 2.24) is 5.32 Å². The summed E-state index contributed by atoms with van der Waals surface area (Å²) in [5.41, 5.74) is 1.35. The molecule has 0 fully saturated rings. The number of amides is 1. The molecule has 1 aromatic rings. The smallest absolute Gasteiger partial charge is 0.220 e. The van der Waals surface area contributed by atoms with Crippen LogP contribution in [0.15, 0.2) is 30.3 Å². The molecule has 1 amide bonds. The van der Waals surface area contributed by atoms with Crippen molar-refractivity contribution in [3.05, 3.63) is 35.9 Å². The van der Waals surface area contributed by atoms with Crippen LogP contribution in [-0.4, -0.2) is 37.6 Å². The average molecular weight is 362 g/mol. The summed E-state index contributed by atoms with van der Waals surface area (Å²) in [5, 5.41) is 3.10. The van der Waals surface area contributed by atoms with E-state index >= 15 is 0 Å². The fourth-order valence-corrected chi connectivity index (χ4v) is 3.34. The predicted molar refractivity (Wildman–Crippen MR) is 112 cm³/mol. The van der Waals surface area contributed by atoms with Crippen LogP contribution in [0, 0.1) is 0 Å². The third-order valence-corrected chi connectivity index (χ3v) is 5.00. The monoisotopic (exact) mass is 361 g/mol. The maximum absolute atomic E-state index is 12.0. The molecule has 0 aliphatic carbocycles. The number of likely N-dealkylation sites (N-methyl/N-ethyl adjacent to an activating group) is 1. The highest BCUT2D eigenvalue weighted by Gasteiger charge is 2.15. The van der Waals surface area contributed by atoms with Crippen LogP contribution in [0.25, 0.3) is 0 Å². The van der Waals surface area contributed by atoms with E-state index in [-0.39, 0.29) is 5.91 Å². The van der Waals surface area contributed by atoms with Gasteiger partial charge in [-0.25, -0.2) is 0 Å². The second-order valence-electron chi connectivity index (χ2n) is 8.23. The third kappa shape index (κ3) is 12.1. The highest BCUT2D eigenvalue weighted by Crippen LogP contribution is 2.11. The van der Waals surface area contributed by atoms with Crippen LogP contribution >= 0.6 is 0 Å². The SMILES string of the molecule is CCCCCCCCCCCC(=O)NCC[N+](C)(C)Cc1ccccc1. The molecule has 0 radical (unpaired) electrons. The van der Waals surface area contributed by atoms with Crippen molar-refractivity contribution in [2.75, 3.05) is 27.2 Å². The topological polar surface area (TPSA) is 29.1 Å². The second-order valence-corrected chi connectivity index (χ2v) is 8.23. The molecule has 26 heavy (non-hydrogen) atoms. The highest BCUT2D eigenvalue weighted by molar-refractivity contribution is 5.75. The average Bonchev–Trinajstić information content (AvgIpc) is 2.60. The van der Waals surface area contributed by atoms with E-state index < -0.39 is 0 Å². The third-order valence-electron chi connectivity index (χ3n) is 5.00. The van der Waals surface area contributed by atoms with E-state index in [9.17, 15) is 4.79 Å². The molecular formula is C23H41N2O+. The number of hydrogen-bond donors (Lipinski definition) is 1. The minimum atomic E-state index is 0.215. The molecule has 1 aromatic carbocycles. The van der Waals surface area contributed by atoms with Gasteiger partial charge in [-0.3, -0.25) is 4.79 Å². The van der Waals surface area contributed by atoms with Crippen LogP contribution in [-0.2, 0) is 11.3 Å². The molecule has 0 aliphatic rings. The Morgan fingerprint density at radius 1 is 0.885 bits per heavy atom. The Balaban J connectivity index is 2.00. The summed E-state index contributed by atoms with van der Waals surface area (Å²) in [7, 11) is 4.44. The normalized spacial score (nSPS) is 11.5. The molecule has 148 valence electrons. The molecule has 0 atom stereocenters. The Kier molecular flexibility index (Phi) is 12.0. The highest BCUT2D eigenvalue weighted by atomic mass is 16.1. The fourth-order valence-electron chi connectivity index (χ4n) is 3.34. The van der Waals surface area contributed by atoms with E-state index in [0.717, 1.165) is 30.5 Å². The van der Waals surface area contributed by atoms with Gasteiger partial charge in [0.25, 0.3) is 0 Å². The molecule has 0 bridgehead atoms. The van der Waals surface area contributed by atoms with E-state index in [0.29, 0.717) is 6.42 Å². The first-order valence-electron chi connectivity index (χ1n) is 10.7. The quantitative estimate of drug-likeness (QED) is 0.333. The molecule has 0 unspecified atom stereocenters. The lowest BCUT2D eigenvalue weighted by Crippen LogP contribution is -2.44. The lowest BCUT2D eigenvalue weighted by Gasteiger charge is -2.30. The molecule has 1 rings (SSSR count). The van der Waals surface area contributed by atoms with Crippen LogP contribution in [0.4, 0.5) is 0 Å². The molecule has 0 aliphatic heterocycles. The maximum atomic E-state index is 12.0. The van der Waals surface area contributed by atoms with Gasteiger partial charge in [0.05, 0.1) is 27.2 Å². The Bertz CT molecular complexity index is 470. The minimum Gasteiger partial charge on any atom is -0.350 e. The summed E-state index contributed by atoms with van der Waals surface area (Å²) >= 11 is 0. The first kappa shape index (κ1) is 22.7. The number of carbonyl (C=O) groups excluding carboxylic acids is 1. The van der Waals surface area contributed by atoms with E-state index in [1.54, 1.807) is 0 Å². The molecule has 0 saturated heterocycles. The Morgan fingerprint density at radius 3 is 2.08 bits per heavy atom. The lowest BCUT2D eigenvalue weighted by atomic mass is 10.1. The number of carbonyl (C=O) groups is 1. The standard InChI is InChI=1S/C23H40N2O/c1-4-5-6-7-8-9-10-11-15-18-23(26)24-19-20-25(2,3)21-22-16-13-12-14-17-22/h12-14,16-17H,4-11,15,18-21H2,1-3H3/p+1. The summed E-state index contributed by atoms with van der Waals surface area (Å²) in [6.07, 6.45) is 12.3. The van der Waals surface area contributed by atoms with Gasteiger partial charge in [0.15, 0.2) is 0 Å². The molecule has 0 spiro atoms. The fraction of sp³-hybridized carbons (Fsp3) is 0.696. The molecule has 3 nitrogen and oxygen atoms in total. The van der Waals surface area contributed by atoms with E-state index in [2.05, 4.69) is 56.7 Å². The van der Waals surface area contributed by atoms with Gasteiger partial charge in [-0.2, -0.15) is 0 Å². The Hall–Kier alpha value is -1.35. The molecule has 0 heterocycles. The van der Waals surface area contributed by atoms with Gasteiger partial charge in [-0.15, -0.1) is 0 Å². The van der Waals surface area contributed by atoms with E-state index in [1.165, 1.54) is 56.9 Å². The van der Waals surface area contributed by atoms with E-state index in [1.807, 2.05) is 0 Å². The maximum Gasteiger partial charge on any atom is 0.220 e. The number of nitrogens with zero attached hydrogens (tertiary/aromatic N) is 1. The zero-order valence-electron chi connectivity index (χ0n) is 17.4. The molecule has 3 heteroatoms. The van der Waals surface area contributed by atoms with E-state index in [4.69, 9.17) is 0 Å². The second kappa shape index (κ2) is 13.8. The van der Waals surface area contributed by atoms with Gasteiger partial charge in [0.2, 0.25) is 5.91 Å². The number of benzene rings is 1. The lowest BCUT2D eigenvalue weighted by molar-refractivity contribution is -0.902. The number of hydrogen-bond acceptors (Lipinski definition) is 1. The van der Waals surface area contributed by atoms with Gasteiger partial charge >= 0.3 is 0 Å². The number of rotatable bonds is 15.